The van der Waals surface area contributed by atoms with Gasteiger partial charge in [-0.2, -0.15) is 0 Å². The lowest BCUT2D eigenvalue weighted by Crippen LogP contribution is -3.27. The van der Waals surface area contributed by atoms with Gasteiger partial charge in [-0.1, -0.05) is 6.07 Å². The number of nitrogens with zero attached hydrogens (tertiary/aromatic N) is 1. The molecule has 3 rings (SSSR count). The lowest BCUT2D eigenvalue weighted by Gasteiger charge is -2.30. The number of nitrogens with one attached hydrogen (secondary N) is 2. The van der Waals surface area contributed by atoms with E-state index in [9.17, 15) is 0 Å². The molecule has 26 heavy (non-hydrogen) atoms. The Hall–Kier alpha value is -2.31. The molecular formula is C20H29N3O3+2. The summed E-state index contributed by atoms with van der Waals surface area (Å²) in [5.74, 6) is 2.10. The van der Waals surface area contributed by atoms with Crippen LogP contribution in [0.4, 0.5) is 0 Å². The van der Waals surface area contributed by atoms with Gasteiger partial charge in [0, 0.05) is 23.5 Å². The molecule has 0 atom stereocenters. The van der Waals surface area contributed by atoms with Crippen LogP contribution < -0.4 is 24.0 Å². The Morgan fingerprint density at radius 3 is 1.88 bits per heavy atom. The number of hydrogen-bond acceptors (Lipinski definition) is 4. The van der Waals surface area contributed by atoms with Gasteiger partial charge in [0.05, 0.1) is 21.3 Å². The molecule has 6 heteroatoms. The van der Waals surface area contributed by atoms with Crippen molar-refractivity contribution < 1.29 is 24.0 Å². The first-order valence-corrected chi connectivity index (χ1v) is 9.08. The topological polar surface area (TPSA) is 49.5 Å². The fourth-order valence-electron chi connectivity index (χ4n) is 3.63. The van der Waals surface area contributed by atoms with Gasteiger partial charge in [0.15, 0.2) is 11.5 Å². The van der Waals surface area contributed by atoms with Crippen LogP contribution in [-0.2, 0) is 13.1 Å². The number of aromatic nitrogens is 1. The molecule has 1 aromatic carbocycles. The van der Waals surface area contributed by atoms with E-state index >= 15 is 0 Å². The van der Waals surface area contributed by atoms with E-state index in [1.807, 2.05) is 18.5 Å². The van der Waals surface area contributed by atoms with Crippen LogP contribution in [0.3, 0.4) is 0 Å². The summed E-state index contributed by atoms with van der Waals surface area (Å²) in [5.41, 5.74) is 2.53. The van der Waals surface area contributed by atoms with Crippen molar-refractivity contribution in [1.82, 2.24) is 4.98 Å². The lowest BCUT2D eigenvalue weighted by atomic mass is 10.1. The second-order valence-corrected chi connectivity index (χ2v) is 6.75. The van der Waals surface area contributed by atoms with E-state index in [4.69, 9.17) is 14.2 Å². The van der Waals surface area contributed by atoms with Crippen molar-refractivity contribution in [3.8, 4) is 17.2 Å². The number of benzene rings is 1. The summed E-state index contributed by atoms with van der Waals surface area (Å²) in [6.07, 6.45) is 3.81. The van der Waals surface area contributed by atoms with E-state index in [0.29, 0.717) is 5.75 Å². The molecule has 2 heterocycles. The average molecular weight is 359 g/mol. The zero-order valence-corrected chi connectivity index (χ0v) is 15.9. The fraction of sp³-hybridized carbons (Fsp3) is 0.450. The summed E-state index contributed by atoms with van der Waals surface area (Å²) in [6.45, 7) is 6.70. The summed E-state index contributed by atoms with van der Waals surface area (Å²) in [5, 5.41) is 0. The summed E-state index contributed by atoms with van der Waals surface area (Å²) in [4.78, 5) is 7.44. The monoisotopic (exact) mass is 359 g/mol. The van der Waals surface area contributed by atoms with E-state index in [2.05, 4.69) is 23.2 Å². The van der Waals surface area contributed by atoms with Crippen molar-refractivity contribution >= 4 is 0 Å². The summed E-state index contributed by atoms with van der Waals surface area (Å²) in [6, 6.07) is 8.29. The van der Waals surface area contributed by atoms with E-state index < -0.39 is 0 Å². The minimum atomic E-state index is 0.652. The molecule has 0 amide bonds. The quantitative estimate of drug-likeness (QED) is 0.706. The molecule has 1 fully saturated rings. The molecule has 0 bridgehead atoms. The van der Waals surface area contributed by atoms with Gasteiger partial charge in [0.25, 0.3) is 0 Å². The Morgan fingerprint density at radius 2 is 1.42 bits per heavy atom. The average Bonchev–Trinajstić information content (AvgIpc) is 2.69. The van der Waals surface area contributed by atoms with Gasteiger partial charge in [0.1, 0.15) is 39.3 Å². The lowest BCUT2D eigenvalue weighted by molar-refractivity contribution is -1.02. The SMILES string of the molecule is COc1cc(C[NH+]2CC[NH+](Cc3cccnc3)CC2)cc(OC)c1OC. The Bertz CT molecular complexity index is 676. The number of quaternary nitrogens is 2. The maximum atomic E-state index is 5.47. The van der Waals surface area contributed by atoms with Gasteiger partial charge in [-0.3, -0.25) is 4.98 Å². The van der Waals surface area contributed by atoms with Crippen LogP contribution in [0.2, 0.25) is 0 Å². The molecule has 0 unspecified atom stereocenters. The van der Waals surface area contributed by atoms with Crippen molar-refractivity contribution in [2.24, 2.45) is 0 Å². The molecule has 1 saturated heterocycles. The molecule has 0 aliphatic carbocycles. The van der Waals surface area contributed by atoms with Gasteiger partial charge in [0.2, 0.25) is 5.75 Å². The van der Waals surface area contributed by atoms with Crippen molar-refractivity contribution in [3.63, 3.8) is 0 Å². The maximum Gasteiger partial charge on any atom is 0.203 e. The summed E-state index contributed by atoms with van der Waals surface area (Å²) >= 11 is 0. The van der Waals surface area contributed by atoms with Gasteiger partial charge < -0.3 is 24.0 Å². The van der Waals surface area contributed by atoms with E-state index in [0.717, 1.165) is 37.7 Å². The van der Waals surface area contributed by atoms with E-state index in [1.54, 1.807) is 31.1 Å². The smallest absolute Gasteiger partial charge is 0.203 e. The summed E-state index contributed by atoms with van der Waals surface area (Å²) < 4.78 is 16.3. The highest BCUT2D eigenvalue weighted by molar-refractivity contribution is 5.53. The first-order chi connectivity index (χ1) is 12.7. The third-order valence-corrected chi connectivity index (χ3v) is 5.02. The Labute approximate surface area is 155 Å². The second-order valence-electron chi connectivity index (χ2n) is 6.75. The highest BCUT2D eigenvalue weighted by Crippen LogP contribution is 2.37. The zero-order valence-electron chi connectivity index (χ0n) is 15.9. The number of piperazine rings is 1. The maximum absolute atomic E-state index is 5.47. The van der Waals surface area contributed by atoms with Gasteiger partial charge in [-0.25, -0.2) is 0 Å². The number of hydrogen-bond donors (Lipinski definition) is 2. The largest absolute Gasteiger partial charge is 0.493 e. The minimum Gasteiger partial charge on any atom is -0.493 e. The Kier molecular flexibility index (Phi) is 6.30. The number of rotatable bonds is 7. The molecule has 1 aliphatic rings. The van der Waals surface area contributed by atoms with Crippen molar-refractivity contribution in [3.05, 3.63) is 47.8 Å². The Morgan fingerprint density at radius 1 is 0.846 bits per heavy atom. The summed E-state index contributed by atoms with van der Waals surface area (Å²) in [7, 11) is 4.96. The van der Waals surface area contributed by atoms with Crippen LogP contribution in [0.5, 0.6) is 17.2 Å². The van der Waals surface area contributed by atoms with E-state index in [-0.39, 0.29) is 0 Å². The Balaban J connectivity index is 1.59. The zero-order chi connectivity index (χ0) is 18.4. The van der Waals surface area contributed by atoms with Gasteiger partial charge in [-0.05, 0) is 18.2 Å². The number of methoxy groups -OCH3 is 3. The first-order valence-electron chi connectivity index (χ1n) is 9.08. The molecular weight excluding hydrogens is 330 g/mol. The van der Waals surface area contributed by atoms with Crippen molar-refractivity contribution in [2.45, 2.75) is 13.1 Å². The molecule has 1 aromatic heterocycles. The third-order valence-electron chi connectivity index (χ3n) is 5.02. The van der Waals surface area contributed by atoms with Crippen LogP contribution in [0.15, 0.2) is 36.7 Å². The molecule has 0 radical (unpaired) electrons. The normalized spacial score (nSPS) is 19.8. The molecule has 6 nitrogen and oxygen atoms in total. The van der Waals surface area contributed by atoms with Crippen molar-refractivity contribution in [1.29, 1.82) is 0 Å². The molecule has 140 valence electrons. The standard InChI is InChI=1S/C20H27N3O3/c1-24-18-11-17(12-19(25-2)20(18)26-3)15-23-9-7-22(8-10-23)14-16-5-4-6-21-13-16/h4-6,11-13H,7-10,14-15H2,1-3H3/p+2. The fourth-order valence-corrected chi connectivity index (χ4v) is 3.63. The molecule has 0 spiro atoms. The van der Waals surface area contributed by atoms with Gasteiger partial charge >= 0.3 is 0 Å². The minimum absolute atomic E-state index is 0.652. The van der Waals surface area contributed by atoms with Crippen LogP contribution >= 0.6 is 0 Å². The first kappa shape index (κ1) is 18.5. The highest BCUT2D eigenvalue weighted by Gasteiger charge is 2.24. The third kappa shape index (κ3) is 4.45. The predicted molar refractivity (Wildman–Crippen MR) is 99.1 cm³/mol. The van der Waals surface area contributed by atoms with Crippen molar-refractivity contribution in [2.75, 3.05) is 47.5 Å². The molecule has 2 aromatic rings. The van der Waals surface area contributed by atoms with Crippen LogP contribution in [0.1, 0.15) is 11.1 Å². The molecule has 2 N–H and O–H groups in total. The molecule has 0 saturated carbocycles. The second kappa shape index (κ2) is 8.87. The molecule has 1 aliphatic heterocycles. The predicted octanol–water partition coefficient (Wildman–Crippen LogP) is -0.409. The van der Waals surface area contributed by atoms with E-state index in [1.165, 1.54) is 24.2 Å². The van der Waals surface area contributed by atoms with Crippen LogP contribution in [0.25, 0.3) is 0 Å². The van der Waals surface area contributed by atoms with Crippen LogP contribution in [0, 0.1) is 0 Å². The van der Waals surface area contributed by atoms with Crippen LogP contribution in [-0.4, -0.2) is 52.5 Å². The number of ether oxygens (including phenoxy) is 3. The highest BCUT2D eigenvalue weighted by atomic mass is 16.5. The van der Waals surface area contributed by atoms with Gasteiger partial charge in [-0.15, -0.1) is 0 Å². The number of pyridine rings is 1.